The first kappa shape index (κ1) is 23.9. The fourth-order valence-corrected chi connectivity index (χ4v) is 7.74. The lowest BCUT2D eigenvalue weighted by Gasteiger charge is -2.56. The minimum absolute atomic E-state index is 0.00151. The van der Waals surface area contributed by atoms with Crippen LogP contribution in [-0.2, 0) is 4.79 Å². The first-order valence-corrected chi connectivity index (χ1v) is 13.9. The van der Waals surface area contributed by atoms with E-state index in [1.807, 2.05) is 18.2 Å². The van der Waals surface area contributed by atoms with E-state index in [2.05, 4.69) is 41.6 Å². The third-order valence-electron chi connectivity index (χ3n) is 8.49. The number of hydrogen-bond acceptors (Lipinski definition) is 4. The van der Waals surface area contributed by atoms with Crippen LogP contribution in [0, 0.1) is 23.2 Å². The summed E-state index contributed by atoms with van der Waals surface area (Å²) in [6.07, 6.45) is 8.27. The van der Waals surface area contributed by atoms with Crippen molar-refractivity contribution in [3.05, 3.63) is 47.0 Å². The van der Waals surface area contributed by atoms with Gasteiger partial charge in [-0.1, -0.05) is 31.5 Å². The van der Waals surface area contributed by atoms with Gasteiger partial charge in [0.05, 0.1) is 10.7 Å². The fraction of sp³-hybridized carbons (Fsp3) is 0.483. The van der Waals surface area contributed by atoms with Gasteiger partial charge in [0.1, 0.15) is 5.52 Å². The van der Waals surface area contributed by atoms with Crippen molar-refractivity contribution in [1.29, 1.82) is 0 Å². The quantitative estimate of drug-likeness (QED) is 0.337. The number of fused-ring (bicyclic) bond motifs is 1. The van der Waals surface area contributed by atoms with Crippen LogP contribution < -0.4 is 10.6 Å². The highest BCUT2D eigenvalue weighted by atomic mass is 35.5. The van der Waals surface area contributed by atoms with Gasteiger partial charge in [-0.05, 0) is 116 Å². The zero-order valence-electron chi connectivity index (χ0n) is 20.8. The summed E-state index contributed by atoms with van der Waals surface area (Å²) < 4.78 is 6.00. The first-order valence-electron chi connectivity index (χ1n) is 13.1. The maximum atomic E-state index is 13.0. The van der Waals surface area contributed by atoms with Gasteiger partial charge in [0, 0.05) is 12.0 Å². The topological polar surface area (TPSA) is 67.2 Å². The smallest absolute Gasteiger partial charge is 0.227 e. The molecule has 0 spiro atoms. The maximum absolute atomic E-state index is 13.0. The van der Waals surface area contributed by atoms with E-state index in [1.54, 1.807) is 6.07 Å². The van der Waals surface area contributed by atoms with Crippen molar-refractivity contribution in [2.24, 2.45) is 23.2 Å². The molecule has 0 saturated heterocycles. The molecule has 4 bridgehead atoms. The summed E-state index contributed by atoms with van der Waals surface area (Å²) in [4.78, 5) is 17.7. The highest BCUT2D eigenvalue weighted by Crippen LogP contribution is 2.61. The number of nitrogens with one attached hydrogen (secondary N) is 2. The van der Waals surface area contributed by atoms with Crippen LogP contribution in [0.25, 0.3) is 22.6 Å². The number of hydrogen-bond donors (Lipinski definition) is 2. The monoisotopic (exact) mass is 521 g/mol. The molecule has 4 aliphatic carbocycles. The predicted octanol–water partition coefficient (Wildman–Crippen LogP) is 7.69. The molecule has 1 aromatic heterocycles. The van der Waals surface area contributed by atoms with Gasteiger partial charge in [-0.2, -0.15) is 0 Å². The lowest BCUT2D eigenvalue weighted by atomic mass is 9.49. The van der Waals surface area contributed by atoms with Crippen LogP contribution in [0.3, 0.4) is 0 Å². The molecule has 7 rings (SSSR count). The van der Waals surface area contributed by atoms with E-state index < -0.39 is 0 Å². The molecule has 188 valence electrons. The van der Waals surface area contributed by atoms with Crippen LogP contribution in [-0.4, -0.2) is 16.0 Å². The van der Waals surface area contributed by atoms with Gasteiger partial charge in [-0.15, -0.1) is 0 Å². The highest BCUT2D eigenvalue weighted by Gasteiger charge is 2.51. The molecule has 0 radical (unpaired) electrons. The van der Waals surface area contributed by atoms with Gasteiger partial charge in [0.25, 0.3) is 0 Å². The molecule has 2 N–H and O–H groups in total. The van der Waals surface area contributed by atoms with Crippen molar-refractivity contribution in [2.75, 3.05) is 5.32 Å². The van der Waals surface area contributed by atoms with E-state index in [-0.39, 0.29) is 16.4 Å². The second-order valence-electron chi connectivity index (χ2n) is 11.7. The number of aromatic nitrogens is 1. The molecular weight excluding hydrogens is 490 g/mol. The van der Waals surface area contributed by atoms with Crippen LogP contribution in [0.1, 0.15) is 70.3 Å². The van der Waals surface area contributed by atoms with E-state index in [0.29, 0.717) is 28.9 Å². The molecule has 36 heavy (non-hydrogen) atoms. The molecular formula is C29H32ClN3O2S. The zero-order valence-corrected chi connectivity index (χ0v) is 22.3. The van der Waals surface area contributed by atoms with Crippen molar-refractivity contribution in [2.45, 2.75) is 64.7 Å². The Morgan fingerprint density at radius 1 is 1.11 bits per heavy atom. The van der Waals surface area contributed by atoms with Crippen LogP contribution >= 0.6 is 23.8 Å². The molecule has 1 heterocycles. The largest absolute Gasteiger partial charge is 0.436 e. The number of amides is 1. The Morgan fingerprint density at radius 2 is 1.81 bits per heavy atom. The van der Waals surface area contributed by atoms with Gasteiger partial charge in [0.15, 0.2) is 10.7 Å². The maximum Gasteiger partial charge on any atom is 0.227 e. The summed E-state index contributed by atoms with van der Waals surface area (Å²) in [7, 11) is 0. The number of rotatable bonds is 5. The van der Waals surface area contributed by atoms with Crippen molar-refractivity contribution in [3.8, 4) is 11.5 Å². The normalized spacial score (nSPS) is 26.5. The predicted molar refractivity (Wildman–Crippen MR) is 148 cm³/mol. The molecule has 5 nitrogen and oxygen atoms in total. The molecule has 3 aromatic rings. The van der Waals surface area contributed by atoms with Crippen molar-refractivity contribution >= 4 is 51.6 Å². The average Bonchev–Trinajstić information content (AvgIpc) is 3.22. The van der Waals surface area contributed by atoms with E-state index in [0.717, 1.165) is 34.4 Å². The van der Waals surface area contributed by atoms with Crippen molar-refractivity contribution in [3.63, 3.8) is 0 Å². The second-order valence-corrected chi connectivity index (χ2v) is 12.5. The Bertz CT molecular complexity index is 1310. The van der Waals surface area contributed by atoms with E-state index in [4.69, 9.17) is 28.2 Å². The third-order valence-corrected chi connectivity index (χ3v) is 9.03. The van der Waals surface area contributed by atoms with Crippen molar-refractivity contribution < 1.29 is 9.21 Å². The molecule has 0 atom stereocenters. The van der Waals surface area contributed by atoms with Crippen LogP contribution in [0.4, 0.5) is 5.69 Å². The Labute approximate surface area is 222 Å². The Balaban J connectivity index is 1.14. The molecule has 7 heteroatoms. The van der Waals surface area contributed by atoms with Crippen LogP contribution in [0.2, 0.25) is 5.02 Å². The SMILES string of the molecule is CC(C)c1ccc2oc(-c3ccc(Cl)c(NC(=S)NC(=O)CC45CC6CC(CC(C6)C4)C5)c3)nc2c1. The van der Waals surface area contributed by atoms with Crippen LogP contribution in [0.15, 0.2) is 40.8 Å². The number of oxazole rings is 1. The molecule has 0 aliphatic heterocycles. The number of anilines is 1. The minimum atomic E-state index is 0.00151. The number of thiocarbonyl (C=S) groups is 1. The standard InChI is InChI=1S/C29H32ClN3O2S/c1-16(2)20-4-6-25-24(10-20)31-27(35-25)21-3-5-22(30)23(11-21)32-28(36)33-26(34)15-29-12-17-7-18(13-29)9-19(8-17)14-29/h3-6,10-11,16-19H,7-9,12-15H2,1-2H3,(H2,32,33,34,36). The average molecular weight is 522 g/mol. The number of carbonyl (C=O) groups excluding carboxylic acids is 1. The molecule has 1 amide bonds. The lowest BCUT2D eigenvalue weighted by Crippen LogP contribution is -2.48. The summed E-state index contributed by atoms with van der Waals surface area (Å²) in [5, 5.41) is 6.80. The van der Waals surface area contributed by atoms with E-state index in [9.17, 15) is 4.79 Å². The first-order chi connectivity index (χ1) is 17.2. The van der Waals surface area contributed by atoms with Gasteiger partial charge in [0.2, 0.25) is 11.8 Å². The molecule has 4 aliphatic rings. The molecule has 2 aromatic carbocycles. The number of benzene rings is 2. The fourth-order valence-electron chi connectivity index (χ4n) is 7.35. The molecule has 4 fully saturated rings. The summed E-state index contributed by atoms with van der Waals surface area (Å²) >= 11 is 11.9. The van der Waals surface area contributed by atoms with Gasteiger partial charge in [-0.3, -0.25) is 4.79 Å². The number of carbonyl (C=O) groups is 1. The summed E-state index contributed by atoms with van der Waals surface area (Å²) in [5.41, 5.74) is 4.36. The summed E-state index contributed by atoms with van der Waals surface area (Å²) in [6.45, 7) is 4.31. The Morgan fingerprint density at radius 3 is 2.47 bits per heavy atom. The van der Waals surface area contributed by atoms with Gasteiger partial charge < -0.3 is 15.1 Å². The lowest BCUT2D eigenvalue weighted by molar-refractivity contribution is -0.127. The summed E-state index contributed by atoms with van der Waals surface area (Å²) in [5.74, 6) is 3.39. The Kier molecular flexibility index (Phi) is 6.08. The second kappa shape index (κ2) is 9.14. The van der Waals surface area contributed by atoms with E-state index >= 15 is 0 Å². The van der Waals surface area contributed by atoms with E-state index in [1.165, 1.54) is 44.1 Å². The van der Waals surface area contributed by atoms with Gasteiger partial charge in [-0.25, -0.2) is 4.98 Å². The van der Waals surface area contributed by atoms with Gasteiger partial charge >= 0.3 is 0 Å². The molecule has 0 unspecified atom stereocenters. The molecule has 4 saturated carbocycles. The minimum Gasteiger partial charge on any atom is -0.436 e. The number of halogens is 1. The number of nitrogens with zero attached hydrogens (tertiary/aromatic N) is 1. The van der Waals surface area contributed by atoms with Crippen molar-refractivity contribution in [1.82, 2.24) is 10.3 Å². The Hall–Kier alpha value is -2.44. The summed E-state index contributed by atoms with van der Waals surface area (Å²) in [6, 6.07) is 11.6. The highest BCUT2D eigenvalue weighted by molar-refractivity contribution is 7.80. The van der Waals surface area contributed by atoms with Crippen LogP contribution in [0.5, 0.6) is 0 Å². The third kappa shape index (κ3) is 4.66. The zero-order chi connectivity index (χ0) is 25.0.